The highest BCUT2D eigenvalue weighted by atomic mass is 16.5. The molecule has 156 valence electrons. The van der Waals surface area contributed by atoms with Crippen LogP contribution in [0.4, 0.5) is 28.7 Å². The Kier molecular flexibility index (Phi) is 5.61. The third-order valence-corrected chi connectivity index (χ3v) is 5.65. The number of hydrogen-bond donors (Lipinski definition) is 2. The first-order valence-corrected chi connectivity index (χ1v) is 10.1. The number of rotatable bonds is 5. The summed E-state index contributed by atoms with van der Waals surface area (Å²) in [4.78, 5) is 13.4. The van der Waals surface area contributed by atoms with Crippen LogP contribution in [0.1, 0.15) is 11.1 Å². The van der Waals surface area contributed by atoms with Crippen molar-refractivity contribution in [2.24, 2.45) is 0 Å². The van der Waals surface area contributed by atoms with Gasteiger partial charge in [0.2, 0.25) is 0 Å². The molecule has 7 nitrogen and oxygen atoms in total. The molecule has 0 aliphatic carbocycles. The maximum Gasteiger partial charge on any atom is 0.159 e. The number of anilines is 5. The first-order valence-electron chi connectivity index (χ1n) is 10.1. The van der Waals surface area contributed by atoms with Crippen LogP contribution in [0.25, 0.3) is 0 Å². The number of aryl methyl sites for hydroxylation is 2. The average molecular weight is 405 g/mol. The quantitative estimate of drug-likeness (QED) is 0.670. The van der Waals surface area contributed by atoms with E-state index >= 15 is 0 Å². The minimum Gasteiger partial charge on any atom is -0.497 e. The molecule has 0 spiro atoms. The maximum absolute atomic E-state index is 6.45. The lowest BCUT2D eigenvalue weighted by atomic mass is 10.1. The predicted octanol–water partition coefficient (Wildman–Crippen LogP) is 3.75. The molecule has 1 aromatic heterocycles. The van der Waals surface area contributed by atoms with Crippen molar-refractivity contribution in [1.29, 1.82) is 0 Å². The van der Waals surface area contributed by atoms with Crippen molar-refractivity contribution in [3.05, 3.63) is 59.9 Å². The molecule has 1 aliphatic heterocycles. The second-order valence-electron chi connectivity index (χ2n) is 7.56. The molecule has 2 heterocycles. The fourth-order valence-electron chi connectivity index (χ4n) is 3.66. The minimum absolute atomic E-state index is 0.577. The van der Waals surface area contributed by atoms with E-state index in [1.54, 1.807) is 13.4 Å². The Labute approximate surface area is 177 Å². The van der Waals surface area contributed by atoms with Crippen LogP contribution in [0.15, 0.2) is 48.8 Å². The zero-order valence-corrected chi connectivity index (χ0v) is 17.7. The fourth-order valence-corrected chi connectivity index (χ4v) is 3.66. The van der Waals surface area contributed by atoms with E-state index in [9.17, 15) is 0 Å². The second-order valence-corrected chi connectivity index (χ2v) is 7.56. The number of methoxy groups -OCH3 is 1. The first kappa shape index (κ1) is 19.8. The zero-order valence-electron chi connectivity index (χ0n) is 17.7. The SMILES string of the molecule is COc1ccc(N2CCN(c3ncnc(Nc4ccc(C)c(C)c4)c3N)CC2)cc1. The standard InChI is InChI=1S/C23H28N6O/c1-16-4-5-18(14-17(16)2)27-22-21(24)23(26-15-25-22)29-12-10-28(11-13-29)19-6-8-20(30-3)9-7-19/h4-9,14-15H,10-13,24H2,1-3H3,(H,25,26,27). The van der Waals surface area contributed by atoms with Crippen LogP contribution in [-0.2, 0) is 0 Å². The number of nitrogens with one attached hydrogen (secondary N) is 1. The van der Waals surface area contributed by atoms with E-state index in [-0.39, 0.29) is 0 Å². The van der Waals surface area contributed by atoms with Gasteiger partial charge < -0.3 is 25.6 Å². The molecule has 7 heteroatoms. The van der Waals surface area contributed by atoms with Gasteiger partial charge in [0.1, 0.15) is 17.8 Å². The normalized spacial score (nSPS) is 14.0. The number of benzene rings is 2. The fraction of sp³-hybridized carbons (Fsp3) is 0.304. The van der Waals surface area contributed by atoms with Gasteiger partial charge in [-0.25, -0.2) is 9.97 Å². The van der Waals surface area contributed by atoms with E-state index in [1.165, 1.54) is 16.8 Å². The van der Waals surface area contributed by atoms with Crippen LogP contribution in [0.2, 0.25) is 0 Å². The Hall–Kier alpha value is -3.48. The van der Waals surface area contributed by atoms with Crippen LogP contribution in [0.3, 0.4) is 0 Å². The Bertz CT molecular complexity index is 1010. The van der Waals surface area contributed by atoms with Gasteiger partial charge in [0.05, 0.1) is 7.11 Å². The number of piperazine rings is 1. The van der Waals surface area contributed by atoms with Gasteiger partial charge in [0, 0.05) is 37.6 Å². The molecule has 1 saturated heterocycles. The van der Waals surface area contributed by atoms with Gasteiger partial charge in [-0.1, -0.05) is 6.07 Å². The van der Waals surface area contributed by atoms with Crippen molar-refractivity contribution in [3.63, 3.8) is 0 Å². The Morgan fingerprint density at radius 3 is 2.27 bits per heavy atom. The van der Waals surface area contributed by atoms with Crippen molar-refractivity contribution in [2.45, 2.75) is 13.8 Å². The number of nitrogens with two attached hydrogens (primary N) is 1. The molecule has 0 bridgehead atoms. The van der Waals surface area contributed by atoms with Gasteiger partial charge in [-0.3, -0.25) is 0 Å². The average Bonchev–Trinajstić information content (AvgIpc) is 2.78. The van der Waals surface area contributed by atoms with E-state index in [0.29, 0.717) is 11.5 Å². The Morgan fingerprint density at radius 1 is 0.900 bits per heavy atom. The topological polar surface area (TPSA) is 79.5 Å². The molecule has 3 N–H and O–H groups in total. The largest absolute Gasteiger partial charge is 0.497 e. The number of nitrogens with zero attached hydrogens (tertiary/aromatic N) is 4. The molecule has 3 aromatic rings. The van der Waals surface area contributed by atoms with Crippen LogP contribution in [0.5, 0.6) is 5.75 Å². The van der Waals surface area contributed by atoms with Gasteiger partial charge >= 0.3 is 0 Å². The van der Waals surface area contributed by atoms with Crippen molar-refractivity contribution < 1.29 is 4.74 Å². The summed E-state index contributed by atoms with van der Waals surface area (Å²) in [5.41, 5.74) is 11.7. The van der Waals surface area contributed by atoms with Crippen LogP contribution in [0, 0.1) is 13.8 Å². The van der Waals surface area contributed by atoms with Gasteiger partial charge in [-0.2, -0.15) is 0 Å². The molecule has 0 atom stereocenters. The highest BCUT2D eigenvalue weighted by molar-refractivity contribution is 5.78. The van der Waals surface area contributed by atoms with E-state index in [0.717, 1.165) is 43.4 Å². The molecular weight excluding hydrogens is 376 g/mol. The summed E-state index contributed by atoms with van der Waals surface area (Å²) >= 11 is 0. The van der Waals surface area contributed by atoms with Crippen LogP contribution >= 0.6 is 0 Å². The predicted molar refractivity (Wildman–Crippen MR) is 123 cm³/mol. The van der Waals surface area contributed by atoms with Crippen LogP contribution < -0.4 is 25.6 Å². The van der Waals surface area contributed by atoms with E-state index in [2.05, 4.69) is 63.2 Å². The lowest BCUT2D eigenvalue weighted by molar-refractivity contribution is 0.415. The summed E-state index contributed by atoms with van der Waals surface area (Å²) in [5.74, 6) is 2.29. The third-order valence-electron chi connectivity index (χ3n) is 5.65. The monoisotopic (exact) mass is 404 g/mol. The van der Waals surface area contributed by atoms with Crippen LogP contribution in [-0.4, -0.2) is 43.3 Å². The number of nitrogen functional groups attached to an aromatic ring is 1. The molecule has 30 heavy (non-hydrogen) atoms. The summed E-state index contributed by atoms with van der Waals surface area (Å²) in [6.45, 7) is 7.68. The molecule has 0 amide bonds. The number of ether oxygens (including phenoxy) is 1. The maximum atomic E-state index is 6.45. The minimum atomic E-state index is 0.577. The van der Waals surface area contributed by atoms with Gasteiger partial charge in [0.25, 0.3) is 0 Å². The first-order chi connectivity index (χ1) is 14.5. The van der Waals surface area contributed by atoms with Gasteiger partial charge in [-0.05, 0) is 61.4 Å². The van der Waals surface area contributed by atoms with Crippen molar-refractivity contribution >= 4 is 28.7 Å². The van der Waals surface area contributed by atoms with E-state index in [1.807, 2.05) is 18.2 Å². The van der Waals surface area contributed by atoms with Gasteiger partial charge in [0.15, 0.2) is 11.6 Å². The Morgan fingerprint density at radius 2 is 1.60 bits per heavy atom. The smallest absolute Gasteiger partial charge is 0.159 e. The summed E-state index contributed by atoms with van der Waals surface area (Å²) < 4.78 is 5.25. The molecule has 1 fully saturated rings. The zero-order chi connectivity index (χ0) is 21.1. The highest BCUT2D eigenvalue weighted by Gasteiger charge is 2.21. The summed E-state index contributed by atoms with van der Waals surface area (Å²) in [7, 11) is 1.68. The highest BCUT2D eigenvalue weighted by Crippen LogP contribution is 2.30. The number of hydrogen-bond acceptors (Lipinski definition) is 7. The summed E-state index contributed by atoms with van der Waals surface area (Å²) in [6.07, 6.45) is 1.57. The Balaban J connectivity index is 1.45. The lowest BCUT2D eigenvalue weighted by Crippen LogP contribution is -2.47. The van der Waals surface area contributed by atoms with Gasteiger partial charge in [-0.15, -0.1) is 0 Å². The van der Waals surface area contributed by atoms with E-state index < -0.39 is 0 Å². The second kappa shape index (κ2) is 8.49. The molecule has 0 unspecified atom stereocenters. The molecule has 0 radical (unpaired) electrons. The van der Waals surface area contributed by atoms with E-state index in [4.69, 9.17) is 10.5 Å². The number of aromatic nitrogens is 2. The molecule has 4 rings (SSSR count). The van der Waals surface area contributed by atoms with Crippen molar-refractivity contribution in [2.75, 3.05) is 54.1 Å². The summed E-state index contributed by atoms with van der Waals surface area (Å²) in [5, 5.41) is 3.34. The molecule has 0 saturated carbocycles. The molecular formula is C23H28N6O. The van der Waals surface area contributed by atoms with Crippen molar-refractivity contribution in [3.8, 4) is 5.75 Å². The molecule has 1 aliphatic rings. The summed E-state index contributed by atoms with van der Waals surface area (Å²) in [6, 6.07) is 14.4. The third kappa shape index (κ3) is 4.10. The molecule has 2 aromatic carbocycles. The van der Waals surface area contributed by atoms with Crippen molar-refractivity contribution in [1.82, 2.24) is 9.97 Å². The lowest BCUT2D eigenvalue weighted by Gasteiger charge is -2.37.